The highest BCUT2D eigenvalue weighted by molar-refractivity contribution is 6.06. The number of aryl methyl sites for hydroxylation is 1. The Bertz CT molecular complexity index is 675. The van der Waals surface area contributed by atoms with Crippen molar-refractivity contribution in [2.24, 2.45) is 0 Å². The van der Waals surface area contributed by atoms with Gasteiger partial charge < -0.3 is 14.7 Å². The van der Waals surface area contributed by atoms with Crippen LogP contribution in [0.25, 0.3) is 11.1 Å². The van der Waals surface area contributed by atoms with E-state index in [1.165, 1.54) is 0 Å². The summed E-state index contributed by atoms with van der Waals surface area (Å²) in [5.74, 6) is 0.116. The molecule has 0 fully saturated rings. The Kier molecular flexibility index (Phi) is 5.71. The summed E-state index contributed by atoms with van der Waals surface area (Å²) in [5.41, 5.74) is 2.55. The van der Waals surface area contributed by atoms with Gasteiger partial charge in [0.2, 0.25) is 0 Å². The van der Waals surface area contributed by atoms with Crippen LogP contribution in [0, 0.1) is 6.92 Å². The minimum Gasteiger partial charge on any atom is -0.351 e. The maximum Gasteiger partial charge on any atom is 0.259 e. The molecular weight excluding hydrogens is 292 g/mol. The van der Waals surface area contributed by atoms with Gasteiger partial charge in [-0.2, -0.15) is 0 Å². The molecule has 6 heteroatoms. The predicted molar refractivity (Wildman–Crippen MR) is 90.8 cm³/mol. The molecule has 126 valence electrons. The van der Waals surface area contributed by atoms with Crippen molar-refractivity contribution in [3.63, 3.8) is 0 Å². The first kappa shape index (κ1) is 17.4. The van der Waals surface area contributed by atoms with E-state index in [2.05, 4.69) is 34.2 Å². The number of pyridine rings is 1. The molecular formula is C17H26N4O2. The van der Waals surface area contributed by atoms with Crippen LogP contribution in [0.15, 0.2) is 10.6 Å². The minimum absolute atomic E-state index is 0.0993. The fraction of sp³-hybridized carbons (Fsp3) is 0.588. The number of carbonyl (C=O) groups excluding carboxylic acids is 1. The third kappa shape index (κ3) is 3.88. The van der Waals surface area contributed by atoms with Gasteiger partial charge >= 0.3 is 0 Å². The van der Waals surface area contributed by atoms with Crippen LogP contribution in [0.5, 0.6) is 0 Å². The molecule has 1 amide bonds. The van der Waals surface area contributed by atoms with E-state index in [0.29, 0.717) is 28.9 Å². The molecule has 0 aliphatic rings. The van der Waals surface area contributed by atoms with Gasteiger partial charge in [-0.05, 0) is 32.0 Å². The predicted octanol–water partition coefficient (Wildman–Crippen LogP) is 2.73. The van der Waals surface area contributed by atoms with E-state index in [0.717, 1.165) is 25.3 Å². The number of amides is 1. The number of hydrogen-bond acceptors (Lipinski definition) is 5. The van der Waals surface area contributed by atoms with Gasteiger partial charge in [-0.15, -0.1) is 0 Å². The molecule has 2 aromatic rings. The smallest absolute Gasteiger partial charge is 0.259 e. The molecule has 0 radical (unpaired) electrons. The van der Waals surface area contributed by atoms with Gasteiger partial charge in [-0.3, -0.25) is 4.79 Å². The summed E-state index contributed by atoms with van der Waals surface area (Å²) in [4.78, 5) is 19.3. The van der Waals surface area contributed by atoms with Crippen LogP contribution in [0.1, 0.15) is 55.4 Å². The summed E-state index contributed by atoms with van der Waals surface area (Å²) in [7, 11) is 0. The summed E-state index contributed by atoms with van der Waals surface area (Å²) >= 11 is 0. The van der Waals surface area contributed by atoms with Crippen LogP contribution in [0.3, 0.4) is 0 Å². The monoisotopic (exact) mass is 318 g/mol. The molecule has 0 aliphatic carbocycles. The van der Waals surface area contributed by atoms with E-state index in [-0.39, 0.29) is 11.8 Å². The van der Waals surface area contributed by atoms with Gasteiger partial charge in [0.05, 0.1) is 16.6 Å². The van der Waals surface area contributed by atoms with Gasteiger partial charge in [0, 0.05) is 18.8 Å². The van der Waals surface area contributed by atoms with Crippen molar-refractivity contribution >= 4 is 17.0 Å². The molecule has 0 aromatic carbocycles. The number of rotatable bonds is 7. The van der Waals surface area contributed by atoms with Crippen molar-refractivity contribution in [2.45, 2.75) is 40.5 Å². The molecule has 0 spiro atoms. The summed E-state index contributed by atoms with van der Waals surface area (Å²) in [5, 5.41) is 7.65. The zero-order chi connectivity index (χ0) is 17.0. The molecule has 23 heavy (non-hydrogen) atoms. The first-order valence-electron chi connectivity index (χ1n) is 8.25. The Balaban J connectivity index is 2.23. The standard InChI is InChI=1S/C17H26N4O2/c1-6-21(7-2)9-8-18-16(22)13-10-14(11(3)4)19-17-15(13)12(5)20-23-17/h10-11H,6-9H2,1-5H3,(H,18,22). The van der Waals surface area contributed by atoms with Crippen LogP contribution in [0.4, 0.5) is 0 Å². The molecule has 0 unspecified atom stereocenters. The fourth-order valence-corrected chi connectivity index (χ4v) is 2.55. The van der Waals surface area contributed by atoms with Gasteiger partial charge in [0.1, 0.15) is 0 Å². The van der Waals surface area contributed by atoms with E-state index < -0.39 is 0 Å². The summed E-state index contributed by atoms with van der Waals surface area (Å²) in [6.45, 7) is 13.6. The highest BCUT2D eigenvalue weighted by atomic mass is 16.5. The fourth-order valence-electron chi connectivity index (χ4n) is 2.55. The zero-order valence-electron chi connectivity index (χ0n) is 14.6. The van der Waals surface area contributed by atoms with Crippen LogP contribution >= 0.6 is 0 Å². The van der Waals surface area contributed by atoms with E-state index in [4.69, 9.17) is 4.52 Å². The van der Waals surface area contributed by atoms with Crippen molar-refractivity contribution < 1.29 is 9.32 Å². The normalized spacial score (nSPS) is 11.6. The number of likely N-dealkylation sites (N-methyl/N-ethyl adjacent to an activating group) is 1. The molecule has 2 heterocycles. The zero-order valence-corrected chi connectivity index (χ0v) is 14.6. The Labute approximate surface area is 137 Å². The average molecular weight is 318 g/mol. The number of nitrogens with zero attached hydrogens (tertiary/aromatic N) is 3. The maximum absolute atomic E-state index is 12.6. The SMILES string of the molecule is CCN(CC)CCNC(=O)c1cc(C(C)C)nc2onc(C)c12. The first-order chi connectivity index (χ1) is 11.0. The number of fused-ring (bicyclic) bond motifs is 1. The van der Waals surface area contributed by atoms with Crippen molar-refractivity contribution in [3.8, 4) is 0 Å². The molecule has 0 saturated carbocycles. The number of hydrogen-bond donors (Lipinski definition) is 1. The highest BCUT2D eigenvalue weighted by Gasteiger charge is 2.19. The van der Waals surface area contributed by atoms with Crippen LogP contribution in [-0.4, -0.2) is 47.1 Å². The molecule has 2 aromatic heterocycles. The molecule has 0 saturated heterocycles. The van der Waals surface area contributed by atoms with Crippen molar-refractivity contribution in [3.05, 3.63) is 23.0 Å². The lowest BCUT2D eigenvalue weighted by molar-refractivity contribution is 0.0950. The first-order valence-corrected chi connectivity index (χ1v) is 8.25. The van der Waals surface area contributed by atoms with Crippen LogP contribution in [-0.2, 0) is 0 Å². The average Bonchev–Trinajstić information content (AvgIpc) is 2.92. The minimum atomic E-state index is -0.0993. The van der Waals surface area contributed by atoms with E-state index in [1.54, 1.807) is 0 Å². The number of aromatic nitrogens is 2. The lowest BCUT2D eigenvalue weighted by Gasteiger charge is -2.18. The molecule has 0 bridgehead atoms. The summed E-state index contributed by atoms with van der Waals surface area (Å²) in [6, 6.07) is 1.85. The number of nitrogens with one attached hydrogen (secondary N) is 1. The largest absolute Gasteiger partial charge is 0.351 e. The Morgan fingerprint density at radius 2 is 2.04 bits per heavy atom. The van der Waals surface area contributed by atoms with Gasteiger partial charge in [0.15, 0.2) is 0 Å². The van der Waals surface area contributed by atoms with Crippen molar-refractivity contribution in [2.75, 3.05) is 26.2 Å². The number of carbonyl (C=O) groups is 1. The van der Waals surface area contributed by atoms with Crippen molar-refractivity contribution in [1.82, 2.24) is 20.4 Å². The van der Waals surface area contributed by atoms with Crippen LogP contribution < -0.4 is 5.32 Å². The Morgan fingerprint density at radius 1 is 1.35 bits per heavy atom. The second-order valence-electron chi connectivity index (χ2n) is 5.98. The third-order valence-electron chi connectivity index (χ3n) is 4.08. The summed E-state index contributed by atoms with van der Waals surface area (Å²) in [6.07, 6.45) is 0. The Morgan fingerprint density at radius 3 is 2.65 bits per heavy atom. The second-order valence-corrected chi connectivity index (χ2v) is 5.98. The molecule has 0 aliphatic heterocycles. The van der Waals surface area contributed by atoms with Gasteiger partial charge in [-0.1, -0.05) is 32.9 Å². The van der Waals surface area contributed by atoms with E-state index in [1.807, 2.05) is 26.8 Å². The maximum atomic E-state index is 12.6. The van der Waals surface area contributed by atoms with Crippen molar-refractivity contribution in [1.29, 1.82) is 0 Å². The molecule has 2 rings (SSSR count). The Hall–Kier alpha value is -1.95. The topological polar surface area (TPSA) is 71.3 Å². The second kappa shape index (κ2) is 7.55. The van der Waals surface area contributed by atoms with Gasteiger partial charge in [-0.25, -0.2) is 4.98 Å². The lowest BCUT2D eigenvalue weighted by Crippen LogP contribution is -2.35. The molecule has 0 atom stereocenters. The van der Waals surface area contributed by atoms with E-state index >= 15 is 0 Å². The molecule has 1 N–H and O–H groups in total. The third-order valence-corrected chi connectivity index (χ3v) is 4.08. The van der Waals surface area contributed by atoms with E-state index in [9.17, 15) is 4.79 Å². The summed E-state index contributed by atoms with van der Waals surface area (Å²) < 4.78 is 5.26. The van der Waals surface area contributed by atoms with Gasteiger partial charge in [0.25, 0.3) is 11.6 Å². The molecule has 6 nitrogen and oxygen atoms in total. The lowest BCUT2D eigenvalue weighted by atomic mass is 10.0. The highest BCUT2D eigenvalue weighted by Crippen LogP contribution is 2.24. The quantitative estimate of drug-likeness (QED) is 0.850. The van der Waals surface area contributed by atoms with Crippen LogP contribution in [0.2, 0.25) is 0 Å².